The molecule has 0 aliphatic heterocycles. The molecule has 28 heavy (non-hydrogen) atoms. The molecule has 0 saturated carbocycles. The Bertz CT molecular complexity index is 1540. The lowest BCUT2D eigenvalue weighted by molar-refractivity contribution is -0.666. The molecule has 1 atom stereocenters. The van der Waals surface area contributed by atoms with Crippen LogP contribution in [0.2, 0.25) is 0 Å². The van der Waals surface area contributed by atoms with Crippen LogP contribution in [-0.4, -0.2) is 0 Å². The van der Waals surface area contributed by atoms with Gasteiger partial charge in [0.2, 0.25) is 5.69 Å². The molecule has 0 saturated heterocycles. The molecule has 0 fully saturated rings. The second-order valence-electron chi connectivity index (χ2n) is 7.23. The summed E-state index contributed by atoms with van der Waals surface area (Å²) in [6, 6.07) is 7.16. The Morgan fingerprint density at radius 2 is 1.96 bits per heavy atom. The number of benzene rings is 2. The Morgan fingerprint density at radius 1 is 1.18 bits per heavy atom. The van der Waals surface area contributed by atoms with Crippen LogP contribution < -0.4 is 4.57 Å². The molecule has 1 unspecified atom stereocenters. The van der Waals surface area contributed by atoms with E-state index < -0.39 is 12.7 Å². The smallest absolute Gasteiger partial charge is 0.216 e. The van der Waals surface area contributed by atoms with Gasteiger partial charge < -0.3 is 4.42 Å². The molecule has 0 amide bonds. The van der Waals surface area contributed by atoms with Crippen LogP contribution in [-0.2, 0) is 7.05 Å². The van der Waals surface area contributed by atoms with E-state index in [1.54, 1.807) is 24.6 Å². The fraction of sp³-hybridized carbons (Fsp3) is 0.280. The molecule has 2 heterocycles. The van der Waals surface area contributed by atoms with Gasteiger partial charge in [-0.2, -0.15) is 4.57 Å². The van der Waals surface area contributed by atoms with Gasteiger partial charge in [-0.1, -0.05) is 32.0 Å². The van der Waals surface area contributed by atoms with Crippen LogP contribution in [0, 0.1) is 27.3 Å². The number of pyridine rings is 1. The topological polar surface area (TPSA) is 21.4 Å². The van der Waals surface area contributed by atoms with Gasteiger partial charge >= 0.3 is 0 Å². The minimum Gasteiger partial charge on any atom is -0.456 e. The van der Waals surface area contributed by atoms with E-state index in [2.05, 4.69) is 4.85 Å². The van der Waals surface area contributed by atoms with Crippen molar-refractivity contribution in [3.63, 3.8) is 0 Å². The molecule has 0 N–H and O–H groups in total. The predicted octanol–water partition coefficient (Wildman–Crippen LogP) is 6.68. The zero-order valence-electron chi connectivity index (χ0n) is 22.6. The highest BCUT2D eigenvalue weighted by atomic mass is 16.3. The fourth-order valence-electron chi connectivity index (χ4n) is 3.58. The van der Waals surface area contributed by atoms with Gasteiger partial charge in [-0.25, -0.2) is 4.85 Å². The first-order valence-corrected chi connectivity index (χ1v) is 9.07. The summed E-state index contributed by atoms with van der Waals surface area (Å²) in [4.78, 5) is 3.56. The molecule has 2 aromatic heterocycles. The maximum atomic E-state index is 9.01. The standard InChI is InChI=1S/C25H25N2O/c1-14(2)18-11-17(5)27(7)22(12-18)24-15(3)8-9-19-20-10-16(4)21(26-6)13-23(20)28-25(19)24/h8-14H,1-5,7H3/q+1/i1D3,11D,12D,14D. The molecule has 3 nitrogen and oxygen atoms in total. The Kier molecular flexibility index (Phi) is 2.87. The lowest BCUT2D eigenvalue weighted by Crippen LogP contribution is -2.35. The van der Waals surface area contributed by atoms with Gasteiger partial charge in [-0.15, -0.1) is 0 Å². The van der Waals surface area contributed by atoms with Gasteiger partial charge in [0.05, 0.1) is 14.9 Å². The summed E-state index contributed by atoms with van der Waals surface area (Å²) >= 11 is 0. The summed E-state index contributed by atoms with van der Waals surface area (Å²) in [5, 5.41) is 1.66. The van der Waals surface area contributed by atoms with Gasteiger partial charge in [-0.3, -0.25) is 0 Å². The second kappa shape index (κ2) is 6.49. The average Bonchev–Trinajstić information content (AvgIpc) is 3.09. The molecule has 4 rings (SSSR count). The number of hydrogen-bond donors (Lipinski definition) is 0. The minimum atomic E-state index is -2.73. The number of hydrogen-bond acceptors (Lipinski definition) is 1. The molecule has 0 radical (unpaired) electrons. The Hall–Kier alpha value is -3.12. The highest BCUT2D eigenvalue weighted by Gasteiger charge is 2.23. The first-order chi connectivity index (χ1) is 15.7. The van der Waals surface area contributed by atoms with E-state index in [0.717, 1.165) is 21.9 Å². The van der Waals surface area contributed by atoms with Crippen molar-refractivity contribution < 1.29 is 17.2 Å². The van der Waals surface area contributed by atoms with Crippen molar-refractivity contribution in [3.8, 4) is 11.3 Å². The predicted molar refractivity (Wildman–Crippen MR) is 115 cm³/mol. The molecule has 2 aromatic carbocycles. The van der Waals surface area contributed by atoms with Gasteiger partial charge in [0.15, 0.2) is 11.4 Å². The summed E-state index contributed by atoms with van der Waals surface area (Å²) < 4.78 is 57.9. The van der Waals surface area contributed by atoms with Crippen LogP contribution in [0.5, 0.6) is 0 Å². The summed E-state index contributed by atoms with van der Waals surface area (Å²) in [7, 11) is 1.73. The molecule has 3 heteroatoms. The summed E-state index contributed by atoms with van der Waals surface area (Å²) in [5.74, 6) is -2.15. The number of fused-ring (bicyclic) bond motifs is 3. The van der Waals surface area contributed by atoms with E-state index in [4.69, 9.17) is 19.2 Å². The van der Waals surface area contributed by atoms with Crippen molar-refractivity contribution in [1.82, 2.24) is 0 Å². The van der Waals surface area contributed by atoms with Crippen molar-refractivity contribution in [1.29, 1.82) is 0 Å². The molecule has 0 aliphatic rings. The third kappa shape index (κ3) is 2.68. The number of furan rings is 1. The van der Waals surface area contributed by atoms with Crippen LogP contribution >= 0.6 is 0 Å². The van der Waals surface area contributed by atoms with Gasteiger partial charge in [0, 0.05) is 35.3 Å². The van der Waals surface area contributed by atoms with Crippen molar-refractivity contribution >= 4 is 27.6 Å². The number of rotatable bonds is 2. The van der Waals surface area contributed by atoms with E-state index in [-0.39, 0.29) is 17.6 Å². The van der Waals surface area contributed by atoms with E-state index in [0.29, 0.717) is 33.8 Å². The SMILES string of the molecule is [2H]c1c(C([2H])(C)C([2H])([2H])[2H])c([2H])c(-c2c(C)ccc3c2oc2cc([N+]#[C-])c(C)cc23)[n+](C)c1C. The Labute approximate surface area is 174 Å². The zero-order valence-corrected chi connectivity index (χ0v) is 16.6. The molecule has 140 valence electrons. The number of aromatic nitrogens is 1. The van der Waals surface area contributed by atoms with Crippen LogP contribution in [0.25, 0.3) is 38.0 Å². The largest absolute Gasteiger partial charge is 0.456 e. The third-order valence-electron chi connectivity index (χ3n) is 5.29. The minimum absolute atomic E-state index is 0.128. The summed E-state index contributed by atoms with van der Waals surface area (Å²) in [6.07, 6.45) is 0. The molecule has 4 aromatic rings. The fourth-order valence-corrected chi connectivity index (χ4v) is 3.58. The molecular formula is C25H25N2O+. The van der Waals surface area contributed by atoms with Crippen LogP contribution in [0.3, 0.4) is 0 Å². The van der Waals surface area contributed by atoms with E-state index in [9.17, 15) is 0 Å². The Morgan fingerprint density at radius 3 is 2.68 bits per heavy atom. The van der Waals surface area contributed by atoms with Crippen LogP contribution in [0.15, 0.2) is 40.8 Å². The van der Waals surface area contributed by atoms with Crippen molar-refractivity contribution in [2.24, 2.45) is 7.05 Å². The van der Waals surface area contributed by atoms with E-state index in [1.165, 1.54) is 6.92 Å². The third-order valence-corrected chi connectivity index (χ3v) is 5.29. The molecule has 0 spiro atoms. The number of nitrogens with zero attached hydrogens (tertiary/aromatic N) is 2. The molecular weight excluding hydrogens is 344 g/mol. The van der Waals surface area contributed by atoms with Crippen LogP contribution in [0.1, 0.15) is 50.3 Å². The van der Waals surface area contributed by atoms with E-state index >= 15 is 0 Å². The second-order valence-corrected chi connectivity index (χ2v) is 7.23. The van der Waals surface area contributed by atoms with Gasteiger partial charge in [0.1, 0.15) is 18.2 Å². The number of aryl methyl sites for hydroxylation is 2. The normalized spacial score (nSPS) is 17.1. The zero-order chi connectivity index (χ0) is 25.3. The van der Waals surface area contributed by atoms with Crippen LogP contribution in [0.4, 0.5) is 5.69 Å². The lowest BCUT2D eigenvalue weighted by Gasteiger charge is -2.11. The maximum absolute atomic E-state index is 9.01. The summed E-state index contributed by atoms with van der Waals surface area (Å²) in [6.45, 7) is 11.4. The monoisotopic (exact) mass is 375 g/mol. The summed E-state index contributed by atoms with van der Waals surface area (Å²) in [5.41, 5.74) is 4.50. The lowest BCUT2D eigenvalue weighted by atomic mass is 9.96. The highest BCUT2D eigenvalue weighted by molar-refractivity contribution is 6.10. The van der Waals surface area contributed by atoms with Gasteiger partial charge in [0.25, 0.3) is 0 Å². The molecule has 0 aliphatic carbocycles. The first kappa shape index (κ1) is 12.4. The Balaban J connectivity index is 2.18. The quantitative estimate of drug-likeness (QED) is 0.283. The maximum Gasteiger partial charge on any atom is 0.216 e. The first-order valence-electron chi connectivity index (χ1n) is 12.1. The highest BCUT2D eigenvalue weighted by Crippen LogP contribution is 2.39. The van der Waals surface area contributed by atoms with Crippen molar-refractivity contribution in [2.75, 3.05) is 0 Å². The molecule has 0 bridgehead atoms. The van der Waals surface area contributed by atoms with Crippen molar-refractivity contribution in [2.45, 2.75) is 40.4 Å². The van der Waals surface area contributed by atoms with Crippen molar-refractivity contribution in [3.05, 3.63) is 70.2 Å². The van der Waals surface area contributed by atoms with E-state index in [1.807, 2.05) is 32.0 Å². The van der Waals surface area contributed by atoms with Gasteiger partial charge in [-0.05, 0) is 42.5 Å². The average molecular weight is 376 g/mol.